The van der Waals surface area contributed by atoms with Gasteiger partial charge in [0, 0.05) is 19.2 Å². The van der Waals surface area contributed by atoms with Gasteiger partial charge in [0.1, 0.15) is 11.3 Å². The smallest absolute Gasteiger partial charge is 0.228 e. The quantitative estimate of drug-likeness (QED) is 0.693. The van der Waals surface area contributed by atoms with Crippen molar-refractivity contribution < 1.29 is 4.52 Å². The van der Waals surface area contributed by atoms with Gasteiger partial charge in [-0.05, 0) is 32.4 Å². The monoisotopic (exact) mass is 305 g/mol. The van der Waals surface area contributed by atoms with Crippen molar-refractivity contribution in [2.75, 3.05) is 0 Å². The lowest BCUT2D eigenvalue weighted by molar-refractivity contribution is 0.368. The highest BCUT2D eigenvalue weighted by molar-refractivity contribution is 6.20. The van der Waals surface area contributed by atoms with Gasteiger partial charge in [0.15, 0.2) is 11.5 Å². The van der Waals surface area contributed by atoms with Crippen molar-refractivity contribution in [3.05, 3.63) is 35.4 Å². The maximum atomic E-state index is 6.26. The van der Waals surface area contributed by atoms with Crippen LogP contribution in [-0.4, -0.2) is 24.7 Å². The predicted octanol–water partition coefficient (Wildman–Crippen LogP) is 2.97. The Bertz CT molecular complexity index is 777. The number of rotatable bonds is 4. The number of aromatic nitrogens is 5. The number of fused-ring (bicyclic) bond motifs is 1. The summed E-state index contributed by atoms with van der Waals surface area (Å²) in [5, 5.41) is 3.61. The minimum absolute atomic E-state index is 0.192. The Hall–Kier alpha value is -1.95. The molecule has 3 aromatic rings. The Kier molecular flexibility index (Phi) is 3.63. The van der Waals surface area contributed by atoms with E-state index in [4.69, 9.17) is 16.1 Å². The Morgan fingerprint density at radius 3 is 2.81 bits per heavy atom. The van der Waals surface area contributed by atoms with E-state index in [0.717, 1.165) is 22.6 Å². The van der Waals surface area contributed by atoms with Crippen molar-refractivity contribution in [1.29, 1.82) is 0 Å². The molecule has 0 bridgehead atoms. The first-order valence-electron chi connectivity index (χ1n) is 6.81. The number of imidazole rings is 1. The molecule has 0 aliphatic rings. The van der Waals surface area contributed by atoms with Crippen LogP contribution in [0, 0.1) is 13.8 Å². The van der Waals surface area contributed by atoms with Gasteiger partial charge >= 0.3 is 0 Å². The number of aryl methyl sites for hydroxylation is 4. The minimum Gasteiger partial charge on any atom is -0.339 e. The fourth-order valence-electron chi connectivity index (χ4n) is 2.33. The van der Waals surface area contributed by atoms with Gasteiger partial charge in [-0.3, -0.25) is 0 Å². The summed E-state index contributed by atoms with van der Waals surface area (Å²) in [6.07, 6.45) is 2.41. The van der Waals surface area contributed by atoms with Crippen LogP contribution in [0.2, 0.25) is 0 Å². The van der Waals surface area contributed by atoms with Gasteiger partial charge in [-0.15, -0.1) is 11.6 Å². The van der Waals surface area contributed by atoms with Crippen molar-refractivity contribution in [3.8, 4) is 0 Å². The molecule has 3 rings (SSSR count). The van der Waals surface area contributed by atoms with Crippen LogP contribution >= 0.6 is 11.6 Å². The summed E-state index contributed by atoms with van der Waals surface area (Å²) in [6, 6.07) is 1.95. The van der Waals surface area contributed by atoms with E-state index in [0.29, 0.717) is 24.7 Å². The van der Waals surface area contributed by atoms with Gasteiger partial charge in [-0.2, -0.15) is 4.98 Å². The molecule has 110 valence electrons. The molecule has 21 heavy (non-hydrogen) atoms. The van der Waals surface area contributed by atoms with E-state index in [1.54, 1.807) is 13.1 Å². The van der Waals surface area contributed by atoms with E-state index in [2.05, 4.69) is 20.1 Å². The molecule has 0 saturated heterocycles. The molecule has 3 heterocycles. The van der Waals surface area contributed by atoms with Crippen molar-refractivity contribution >= 4 is 22.8 Å². The van der Waals surface area contributed by atoms with E-state index in [-0.39, 0.29) is 5.38 Å². The van der Waals surface area contributed by atoms with Gasteiger partial charge in [0.05, 0.1) is 5.38 Å². The van der Waals surface area contributed by atoms with Crippen molar-refractivity contribution in [1.82, 2.24) is 24.7 Å². The SMILES string of the molecule is Cc1noc(CCn2c(C(C)Cl)nc3c(C)ccnc32)n1. The second-order valence-corrected chi connectivity index (χ2v) is 5.68. The third kappa shape index (κ3) is 2.63. The number of alkyl halides is 1. The second-order valence-electron chi connectivity index (χ2n) is 5.02. The summed E-state index contributed by atoms with van der Waals surface area (Å²) >= 11 is 6.26. The normalized spacial score (nSPS) is 13.0. The molecule has 0 aliphatic carbocycles. The molecule has 3 aromatic heterocycles. The zero-order valence-corrected chi connectivity index (χ0v) is 12.9. The minimum atomic E-state index is -0.192. The number of pyridine rings is 1. The highest BCUT2D eigenvalue weighted by Crippen LogP contribution is 2.25. The average Bonchev–Trinajstić information content (AvgIpc) is 3.01. The van der Waals surface area contributed by atoms with Gasteiger partial charge in [0.25, 0.3) is 0 Å². The lowest BCUT2D eigenvalue weighted by Crippen LogP contribution is -2.07. The molecule has 0 saturated carbocycles. The molecule has 0 radical (unpaired) electrons. The van der Waals surface area contributed by atoms with Crippen molar-refractivity contribution in [3.63, 3.8) is 0 Å². The van der Waals surface area contributed by atoms with Crippen molar-refractivity contribution in [2.45, 2.75) is 39.1 Å². The molecule has 0 aromatic carbocycles. The Morgan fingerprint density at radius 2 is 2.14 bits per heavy atom. The molecule has 1 unspecified atom stereocenters. The number of hydrogen-bond donors (Lipinski definition) is 0. The maximum absolute atomic E-state index is 6.26. The second kappa shape index (κ2) is 5.44. The molecule has 1 atom stereocenters. The fourth-order valence-corrected chi connectivity index (χ4v) is 2.49. The van der Waals surface area contributed by atoms with Crippen LogP contribution in [0.25, 0.3) is 11.2 Å². The number of nitrogens with zero attached hydrogens (tertiary/aromatic N) is 5. The molecule has 6 nitrogen and oxygen atoms in total. The Morgan fingerprint density at radius 1 is 1.33 bits per heavy atom. The average molecular weight is 306 g/mol. The van der Waals surface area contributed by atoms with Crippen LogP contribution in [0.15, 0.2) is 16.8 Å². The highest BCUT2D eigenvalue weighted by Gasteiger charge is 2.17. The van der Waals surface area contributed by atoms with Gasteiger partial charge in [0.2, 0.25) is 5.89 Å². The van der Waals surface area contributed by atoms with E-state index < -0.39 is 0 Å². The zero-order chi connectivity index (χ0) is 15.0. The highest BCUT2D eigenvalue weighted by atomic mass is 35.5. The molecule has 0 fully saturated rings. The van der Waals surface area contributed by atoms with Gasteiger partial charge in [-0.1, -0.05) is 5.16 Å². The zero-order valence-electron chi connectivity index (χ0n) is 12.2. The number of halogens is 1. The lowest BCUT2D eigenvalue weighted by atomic mass is 10.3. The molecule has 0 aliphatic heterocycles. The summed E-state index contributed by atoms with van der Waals surface area (Å²) in [5.74, 6) is 2.06. The summed E-state index contributed by atoms with van der Waals surface area (Å²) in [7, 11) is 0. The third-order valence-electron chi connectivity index (χ3n) is 3.34. The molecular formula is C14H16ClN5O. The molecule has 0 amide bonds. The standard InChI is InChI=1S/C14H16ClN5O/c1-8-4-6-16-14-12(8)18-13(9(2)15)20(14)7-5-11-17-10(3)19-21-11/h4,6,9H,5,7H2,1-3H3. The first-order valence-corrected chi connectivity index (χ1v) is 7.25. The van der Waals surface area contributed by atoms with E-state index in [1.165, 1.54) is 0 Å². The topological polar surface area (TPSA) is 69.6 Å². The number of hydrogen-bond acceptors (Lipinski definition) is 5. The Labute approximate surface area is 127 Å². The first kappa shape index (κ1) is 14.0. The Balaban J connectivity index is 1.99. The third-order valence-corrected chi connectivity index (χ3v) is 3.54. The fraction of sp³-hybridized carbons (Fsp3) is 0.429. The van der Waals surface area contributed by atoms with Gasteiger partial charge < -0.3 is 9.09 Å². The first-order chi connectivity index (χ1) is 10.1. The van der Waals surface area contributed by atoms with E-state index >= 15 is 0 Å². The molecular weight excluding hydrogens is 290 g/mol. The van der Waals surface area contributed by atoms with Crippen LogP contribution in [-0.2, 0) is 13.0 Å². The van der Waals surface area contributed by atoms with Crippen LogP contribution in [0.4, 0.5) is 0 Å². The largest absolute Gasteiger partial charge is 0.339 e. The van der Waals surface area contributed by atoms with E-state index in [9.17, 15) is 0 Å². The summed E-state index contributed by atoms with van der Waals surface area (Å²) in [6.45, 7) is 6.38. The van der Waals surface area contributed by atoms with Crippen LogP contribution in [0.3, 0.4) is 0 Å². The predicted molar refractivity (Wildman–Crippen MR) is 79.3 cm³/mol. The maximum Gasteiger partial charge on any atom is 0.228 e. The summed E-state index contributed by atoms with van der Waals surface area (Å²) in [5.41, 5.74) is 2.82. The summed E-state index contributed by atoms with van der Waals surface area (Å²) in [4.78, 5) is 13.3. The lowest BCUT2D eigenvalue weighted by Gasteiger charge is -2.08. The summed E-state index contributed by atoms with van der Waals surface area (Å²) < 4.78 is 7.18. The van der Waals surface area contributed by atoms with Crippen LogP contribution in [0.5, 0.6) is 0 Å². The van der Waals surface area contributed by atoms with Crippen LogP contribution < -0.4 is 0 Å². The van der Waals surface area contributed by atoms with E-state index in [1.807, 2.05) is 24.5 Å². The molecule has 0 N–H and O–H groups in total. The molecule has 7 heteroatoms. The van der Waals surface area contributed by atoms with Crippen molar-refractivity contribution in [2.24, 2.45) is 0 Å². The molecule has 0 spiro atoms. The van der Waals surface area contributed by atoms with Gasteiger partial charge in [-0.25, -0.2) is 9.97 Å². The van der Waals surface area contributed by atoms with Crippen LogP contribution in [0.1, 0.15) is 35.4 Å².